The first-order valence-electron chi connectivity index (χ1n) is 10.9. The Bertz CT molecular complexity index is 1270. The van der Waals surface area contributed by atoms with Crippen molar-refractivity contribution in [3.05, 3.63) is 64.4 Å². The van der Waals surface area contributed by atoms with Crippen molar-refractivity contribution in [2.45, 2.75) is 50.3 Å². The van der Waals surface area contributed by atoms with Crippen molar-refractivity contribution in [3.8, 4) is 5.69 Å². The van der Waals surface area contributed by atoms with Crippen LogP contribution in [0.4, 0.5) is 0 Å². The minimum absolute atomic E-state index is 0.0810. The molecule has 2 aromatic heterocycles. The van der Waals surface area contributed by atoms with Crippen LogP contribution in [0.2, 0.25) is 0 Å². The predicted octanol–water partition coefficient (Wildman–Crippen LogP) is 4.82. The second-order valence-electron chi connectivity index (χ2n) is 8.12. The van der Waals surface area contributed by atoms with Crippen molar-refractivity contribution in [2.24, 2.45) is 0 Å². The van der Waals surface area contributed by atoms with E-state index in [1.807, 2.05) is 40.8 Å². The molecule has 5 rings (SSSR count). The lowest BCUT2D eigenvalue weighted by Gasteiger charge is -2.14. The third kappa shape index (κ3) is 3.66. The average Bonchev–Trinajstić information content (AvgIpc) is 3.48. The molecule has 0 radical (unpaired) electrons. The van der Waals surface area contributed by atoms with Gasteiger partial charge in [0.05, 0.1) is 22.7 Å². The van der Waals surface area contributed by atoms with Crippen LogP contribution in [-0.2, 0) is 4.74 Å². The fourth-order valence-electron chi connectivity index (χ4n) is 4.14. The van der Waals surface area contributed by atoms with Crippen LogP contribution in [0.5, 0.6) is 0 Å². The first-order chi connectivity index (χ1) is 15.2. The zero-order valence-electron chi connectivity index (χ0n) is 17.8. The molecule has 2 aromatic carbocycles. The fourth-order valence-corrected chi connectivity index (χ4v) is 5.14. The largest absolute Gasteiger partial charge is 0.377 e. The molecule has 1 aliphatic heterocycles. The number of benzene rings is 2. The number of aromatic nitrogens is 4. The molecule has 1 fully saturated rings. The molecule has 6 nitrogen and oxygen atoms in total. The second kappa shape index (κ2) is 8.48. The van der Waals surface area contributed by atoms with E-state index >= 15 is 0 Å². The average molecular weight is 435 g/mol. The second-order valence-corrected chi connectivity index (χ2v) is 9.11. The molecule has 0 spiro atoms. The monoisotopic (exact) mass is 434 g/mol. The molecular formula is C24H26N4O2S. The molecule has 2 unspecified atom stereocenters. The maximum atomic E-state index is 13.4. The van der Waals surface area contributed by atoms with E-state index in [2.05, 4.69) is 36.2 Å². The van der Waals surface area contributed by atoms with Gasteiger partial charge in [-0.15, -0.1) is 10.2 Å². The Kier molecular flexibility index (Phi) is 5.54. The van der Waals surface area contributed by atoms with Gasteiger partial charge in [0.25, 0.3) is 5.56 Å². The van der Waals surface area contributed by atoms with Gasteiger partial charge in [0.15, 0.2) is 5.16 Å². The molecule has 0 amide bonds. The lowest BCUT2D eigenvalue weighted by atomic mass is 9.98. The Morgan fingerprint density at radius 2 is 1.97 bits per heavy atom. The van der Waals surface area contributed by atoms with E-state index in [0.717, 1.165) is 48.0 Å². The number of para-hydroxylation sites is 1. The highest BCUT2D eigenvalue weighted by molar-refractivity contribution is 7.99. The predicted molar refractivity (Wildman–Crippen MR) is 124 cm³/mol. The van der Waals surface area contributed by atoms with Crippen LogP contribution in [0.25, 0.3) is 22.4 Å². The smallest absolute Gasteiger partial charge is 0.267 e. The molecule has 0 aliphatic carbocycles. The van der Waals surface area contributed by atoms with Crippen LogP contribution in [0.3, 0.4) is 0 Å². The zero-order chi connectivity index (χ0) is 21.4. The maximum Gasteiger partial charge on any atom is 0.267 e. The Balaban J connectivity index is 1.65. The summed E-state index contributed by atoms with van der Waals surface area (Å²) in [6, 6.07) is 15.9. The summed E-state index contributed by atoms with van der Waals surface area (Å²) in [7, 11) is 0. The maximum absolute atomic E-state index is 13.4. The molecule has 0 saturated carbocycles. The number of fused-ring (bicyclic) bond motifs is 3. The lowest BCUT2D eigenvalue weighted by molar-refractivity contribution is 0.129. The first-order valence-corrected chi connectivity index (χ1v) is 11.9. The van der Waals surface area contributed by atoms with Crippen molar-refractivity contribution in [2.75, 3.05) is 12.4 Å². The Hall–Kier alpha value is -2.64. The summed E-state index contributed by atoms with van der Waals surface area (Å²) >= 11 is 1.64. The van der Waals surface area contributed by atoms with Crippen LogP contribution < -0.4 is 5.56 Å². The molecule has 3 heterocycles. The van der Waals surface area contributed by atoms with E-state index < -0.39 is 0 Å². The zero-order valence-corrected chi connectivity index (χ0v) is 18.6. The number of hydrogen-bond donors (Lipinski definition) is 0. The molecule has 1 aliphatic rings. The molecule has 7 heteroatoms. The van der Waals surface area contributed by atoms with Gasteiger partial charge in [0.1, 0.15) is 0 Å². The van der Waals surface area contributed by atoms with Gasteiger partial charge in [-0.3, -0.25) is 9.20 Å². The van der Waals surface area contributed by atoms with Gasteiger partial charge >= 0.3 is 0 Å². The van der Waals surface area contributed by atoms with Gasteiger partial charge in [-0.1, -0.05) is 49.9 Å². The third-order valence-electron chi connectivity index (χ3n) is 6.15. The molecule has 0 N–H and O–H groups in total. The molecule has 160 valence electrons. The SMILES string of the molecule is CCC(C)c1ccc(-n2c(=O)c3ccccc3n3c(SCC4CCCO4)nnc23)cc1. The topological polar surface area (TPSA) is 61.4 Å². The Labute approximate surface area is 185 Å². The highest BCUT2D eigenvalue weighted by Gasteiger charge is 2.21. The minimum atomic E-state index is -0.0810. The summed E-state index contributed by atoms with van der Waals surface area (Å²) in [5, 5.41) is 10.3. The van der Waals surface area contributed by atoms with Crippen molar-refractivity contribution in [1.29, 1.82) is 0 Å². The molecule has 31 heavy (non-hydrogen) atoms. The van der Waals surface area contributed by atoms with Gasteiger partial charge in [-0.2, -0.15) is 0 Å². The Morgan fingerprint density at radius 1 is 1.16 bits per heavy atom. The summed E-state index contributed by atoms with van der Waals surface area (Å²) in [5.74, 6) is 1.85. The van der Waals surface area contributed by atoms with E-state index in [1.54, 1.807) is 16.3 Å². The normalized spacial score (nSPS) is 17.5. The van der Waals surface area contributed by atoms with Crippen molar-refractivity contribution < 1.29 is 4.74 Å². The Morgan fingerprint density at radius 3 is 2.71 bits per heavy atom. The van der Waals surface area contributed by atoms with E-state index in [-0.39, 0.29) is 11.7 Å². The standard InChI is InChI=1S/C24H26N4O2S/c1-3-16(2)17-10-12-18(13-11-17)27-22(29)20-8-4-5-9-21(20)28-23(27)25-26-24(28)31-15-19-7-6-14-30-19/h4-5,8-13,16,19H,3,6-7,14-15H2,1-2H3. The van der Waals surface area contributed by atoms with Crippen LogP contribution >= 0.6 is 11.8 Å². The van der Waals surface area contributed by atoms with Gasteiger partial charge in [0.2, 0.25) is 5.78 Å². The molecular weight excluding hydrogens is 408 g/mol. The van der Waals surface area contributed by atoms with E-state index in [9.17, 15) is 4.79 Å². The number of rotatable bonds is 6. The van der Waals surface area contributed by atoms with Crippen molar-refractivity contribution >= 4 is 28.4 Å². The molecule has 1 saturated heterocycles. The quantitative estimate of drug-likeness (QED) is 0.407. The van der Waals surface area contributed by atoms with Crippen LogP contribution in [-0.4, -0.2) is 37.6 Å². The van der Waals surface area contributed by atoms with Crippen LogP contribution in [0.1, 0.15) is 44.6 Å². The van der Waals surface area contributed by atoms with Crippen LogP contribution in [0, 0.1) is 0 Å². The van der Waals surface area contributed by atoms with Gasteiger partial charge < -0.3 is 4.74 Å². The number of thioether (sulfide) groups is 1. The number of ether oxygens (including phenoxy) is 1. The first kappa shape index (κ1) is 20.3. The lowest BCUT2D eigenvalue weighted by Crippen LogP contribution is -2.22. The van der Waals surface area contributed by atoms with Crippen molar-refractivity contribution in [3.63, 3.8) is 0 Å². The summed E-state index contributed by atoms with van der Waals surface area (Å²) in [5.41, 5.74) is 2.82. The summed E-state index contributed by atoms with van der Waals surface area (Å²) in [6.45, 7) is 5.23. The molecule has 0 bridgehead atoms. The summed E-state index contributed by atoms with van der Waals surface area (Å²) < 4.78 is 9.44. The highest BCUT2D eigenvalue weighted by Crippen LogP contribution is 2.27. The van der Waals surface area contributed by atoms with Gasteiger partial charge in [-0.05, 0) is 55.0 Å². The van der Waals surface area contributed by atoms with E-state index in [1.165, 1.54) is 5.56 Å². The molecule has 4 aromatic rings. The van der Waals surface area contributed by atoms with Crippen molar-refractivity contribution in [1.82, 2.24) is 19.2 Å². The fraction of sp³-hybridized carbons (Fsp3) is 0.375. The third-order valence-corrected chi connectivity index (χ3v) is 7.21. The minimum Gasteiger partial charge on any atom is -0.377 e. The van der Waals surface area contributed by atoms with E-state index in [0.29, 0.717) is 17.1 Å². The van der Waals surface area contributed by atoms with Gasteiger partial charge in [-0.25, -0.2) is 4.57 Å². The van der Waals surface area contributed by atoms with Gasteiger partial charge in [0, 0.05) is 12.4 Å². The summed E-state index contributed by atoms with van der Waals surface area (Å²) in [4.78, 5) is 13.4. The number of hydrogen-bond acceptors (Lipinski definition) is 5. The van der Waals surface area contributed by atoms with Crippen LogP contribution in [0.15, 0.2) is 58.5 Å². The summed E-state index contributed by atoms with van der Waals surface area (Å²) in [6.07, 6.45) is 3.52. The molecule has 2 atom stereocenters. The van der Waals surface area contributed by atoms with E-state index in [4.69, 9.17) is 4.74 Å². The highest BCUT2D eigenvalue weighted by atomic mass is 32.2. The number of nitrogens with zero attached hydrogens (tertiary/aromatic N) is 4.